The molecule has 0 saturated carbocycles. The molecule has 0 aliphatic heterocycles. The zero-order chi connectivity index (χ0) is 20.8. The SMILES string of the molecule is CCOc1ccc(C(=O)O[C@@H](C)C(=O)Nc2c(F)cccc2F)cc1[N+](=O)[O-]. The van der Waals surface area contributed by atoms with Crippen LogP contribution in [-0.2, 0) is 9.53 Å². The van der Waals surface area contributed by atoms with Crippen LogP contribution in [0, 0.1) is 21.7 Å². The van der Waals surface area contributed by atoms with E-state index in [1.54, 1.807) is 6.92 Å². The third-order valence-corrected chi connectivity index (χ3v) is 3.56. The number of ether oxygens (including phenoxy) is 2. The van der Waals surface area contributed by atoms with Gasteiger partial charge in [0, 0.05) is 6.07 Å². The van der Waals surface area contributed by atoms with E-state index in [0.29, 0.717) is 0 Å². The molecule has 8 nitrogen and oxygen atoms in total. The number of nitrogens with one attached hydrogen (secondary N) is 1. The molecule has 0 aliphatic rings. The highest BCUT2D eigenvalue weighted by Crippen LogP contribution is 2.28. The Hall–Kier alpha value is -3.56. The zero-order valence-corrected chi connectivity index (χ0v) is 14.9. The molecule has 0 radical (unpaired) electrons. The Morgan fingerprint density at radius 3 is 2.43 bits per heavy atom. The fourth-order valence-electron chi connectivity index (χ4n) is 2.19. The number of nitro benzene ring substituents is 1. The molecule has 0 heterocycles. The van der Waals surface area contributed by atoms with Crippen molar-refractivity contribution in [2.45, 2.75) is 20.0 Å². The first-order valence-corrected chi connectivity index (χ1v) is 8.11. The lowest BCUT2D eigenvalue weighted by molar-refractivity contribution is -0.385. The highest BCUT2D eigenvalue weighted by molar-refractivity contribution is 5.97. The number of esters is 1. The van der Waals surface area contributed by atoms with Gasteiger partial charge in [-0.05, 0) is 38.1 Å². The van der Waals surface area contributed by atoms with Gasteiger partial charge in [0.1, 0.15) is 17.3 Å². The molecule has 28 heavy (non-hydrogen) atoms. The number of anilines is 1. The zero-order valence-electron chi connectivity index (χ0n) is 14.9. The van der Waals surface area contributed by atoms with Gasteiger partial charge in [-0.25, -0.2) is 13.6 Å². The summed E-state index contributed by atoms with van der Waals surface area (Å²) in [7, 11) is 0. The van der Waals surface area contributed by atoms with Crippen molar-refractivity contribution in [2.75, 3.05) is 11.9 Å². The molecule has 1 atom stereocenters. The van der Waals surface area contributed by atoms with Crippen LogP contribution in [0.2, 0.25) is 0 Å². The van der Waals surface area contributed by atoms with Crippen LogP contribution < -0.4 is 10.1 Å². The maximum atomic E-state index is 13.6. The number of benzene rings is 2. The summed E-state index contributed by atoms with van der Waals surface area (Å²) in [5, 5.41) is 13.1. The van der Waals surface area contributed by atoms with Gasteiger partial charge in [0.25, 0.3) is 5.91 Å². The summed E-state index contributed by atoms with van der Waals surface area (Å²) >= 11 is 0. The number of rotatable bonds is 7. The van der Waals surface area contributed by atoms with E-state index in [1.165, 1.54) is 19.1 Å². The van der Waals surface area contributed by atoms with Crippen molar-refractivity contribution in [1.29, 1.82) is 0 Å². The van der Waals surface area contributed by atoms with Gasteiger partial charge in [-0.2, -0.15) is 0 Å². The molecular weight excluding hydrogens is 378 g/mol. The van der Waals surface area contributed by atoms with Crippen molar-refractivity contribution in [3.8, 4) is 5.75 Å². The smallest absolute Gasteiger partial charge is 0.339 e. The normalized spacial score (nSPS) is 11.4. The molecule has 10 heteroatoms. The maximum absolute atomic E-state index is 13.6. The highest BCUT2D eigenvalue weighted by atomic mass is 19.1. The van der Waals surface area contributed by atoms with Gasteiger partial charge in [-0.15, -0.1) is 0 Å². The van der Waals surface area contributed by atoms with Gasteiger partial charge in [0.05, 0.1) is 17.1 Å². The minimum atomic E-state index is -1.42. The molecular formula is C18H16F2N2O6. The molecule has 2 aromatic rings. The van der Waals surface area contributed by atoms with Crippen LogP contribution in [-0.4, -0.2) is 29.5 Å². The molecule has 2 rings (SSSR count). The van der Waals surface area contributed by atoms with Crippen molar-refractivity contribution in [3.63, 3.8) is 0 Å². The number of nitrogens with zero attached hydrogens (tertiary/aromatic N) is 1. The second-order valence-electron chi connectivity index (χ2n) is 5.51. The van der Waals surface area contributed by atoms with Crippen molar-refractivity contribution < 1.29 is 32.8 Å². The van der Waals surface area contributed by atoms with E-state index in [9.17, 15) is 28.5 Å². The molecule has 1 N–H and O–H groups in total. The van der Waals surface area contributed by atoms with Gasteiger partial charge in [-0.3, -0.25) is 14.9 Å². The van der Waals surface area contributed by atoms with Gasteiger partial charge in [0.2, 0.25) is 0 Å². The maximum Gasteiger partial charge on any atom is 0.339 e. The second kappa shape index (κ2) is 8.89. The van der Waals surface area contributed by atoms with E-state index < -0.39 is 45.9 Å². The van der Waals surface area contributed by atoms with Crippen molar-refractivity contribution in [2.24, 2.45) is 0 Å². The predicted molar refractivity (Wildman–Crippen MR) is 94.1 cm³/mol. The lowest BCUT2D eigenvalue weighted by Gasteiger charge is -2.14. The summed E-state index contributed by atoms with van der Waals surface area (Å²) < 4.78 is 37.2. The fourth-order valence-corrected chi connectivity index (χ4v) is 2.19. The predicted octanol–water partition coefficient (Wildman–Crippen LogP) is 3.46. The molecule has 0 saturated heterocycles. The third-order valence-electron chi connectivity index (χ3n) is 3.56. The number of carbonyl (C=O) groups is 2. The first-order valence-electron chi connectivity index (χ1n) is 8.11. The average molecular weight is 394 g/mol. The summed E-state index contributed by atoms with van der Waals surface area (Å²) in [6.07, 6.45) is -1.42. The molecule has 0 aromatic heterocycles. The van der Waals surface area contributed by atoms with Crippen LogP contribution >= 0.6 is 0 Å². The van der Waals surface area contributed by atoms with Crippen molar-refractivity contribution in [1.82, 2.24) is 0 Å². The molecule has 0 fully saturated rings. The Morgan fingerprint density at radius 2 is 1.86 bits per heavy atom. The van der Waals surface area contributed by atoms with Crippen LogP contribution in [0.5, 0.6) is 5.75 Å². The fraction of sp³-hybridized carbons (Fsp3) is 0.222. The standard InChI is InChI=1S/C18H16F2N2O6/c1-3-27-15-8-7-11(9-14(15)22(25)26)18(24)28-10(2)17(23)21-16-12(19)5-4-6-13(16)20/h4-10H,3H2,1-2H3,(H,21,23)/t10-/m0/s1. The average Bonchev–Trinajstić information content (AvgIpc) is 2.64. The van der Waals surface area contributed by atoms with Crippen LogP contribution in [0.1, 0.15) is 24.2 Å². The van der Waals surface area contributed by atoms with Crippen molar-refractivity contribution >= 4 is 23.3 Å². The molecule has 1 amide bonds. The van der Waals surface area contributed by atoms with Crippen molar-refractivity contribution in [3.05, 3.63) is 63.7 Å². The van der Waals surface area contributed by atoms with E-state index in [1.807, 2.05) is 5.32 Å². The highest BCUT2D eigenvalue weighted by Gasteiger charge is 2.24. The molecule has 2 aromatic carbocycles. The number of nitro groups is 1. The van der Waals surface area contributed by atoms with Crippen LogP contribution in [0.4, 0.5) is 20.2 Å². The first-order chi connectivity index (χ1) is 13.2. The summed E-state index contributed by atoms with van der Waals surface area (Å²) in [5.41, 5.74) is -1.30. The molecule has 0 bridgehead atoms. The minimum absolute atomic E-state index is 0.0233. The third kappa shape index (κ3) is 4.78. The van der Waals surface area contributed by atoms with Gasteiger partial charge < -0.3 is 14.8 Å². The quantitative estimate of drug-likeness (QED) is 0.438. The van der Waals surface area contributed by atoms with Crippen LogP contribution in [0.25, 0.3) is 0 Å². The molecule has 148 valence electrons. The van der Waals surface area contributed by atoms with E-state index in [-0.39, 0.29) is 17.9 Å². The van der Waals surface area contributed by atoms with Crippen LogP contribution in [0.15, 0.2) is 36.4 Å². The largest absolute Gasteiger partial charge is 0.487 e. The lowest BCUT2D eigenvalue weighted by Crippen LogP contribution is -2.30. The van der Waals surface area contributed by atoms with Gasteiger partial charge in [-0.1, -0.05) is 6.07 Å². The molecule has 0 spiro atoms. The summed E-state index contributed by atoms with van der Waals surface area (Å²) in [4.78, 5) is 34.6. The number of para-hydroxylation sites is 1. The van der Waals surface area contributed by atoms with E-state index >= 15 is 0 Å². The Bertz CT molecular complexity index is 899. The lowest BCUT2D eigenvalue weighted by atomic mass is 10.2. The Kier molecular flexibility index (Phi) is 6.59. The Morgan fingerprint density at radius 1 is 1.21 bits per heavy atom. The van der Waals surface area contributed by atoms with E-state index in [2.05, 4.69) is 0 Å². The van der Waals surface area contributed by atoms with Gasteiger partial charge >= 0.3 is 11.7 Å². The van der Waals surface area contributed by atoms with Crippen LogP contribution in [0.3, 0.4) is 0 Å². The monoisotopic (exact) mass is 394 g/mol. The first kappa shape index (κ1) is 20.7. The molecule has 0 unspecified atom stereocenters. The minimum Gasteiger partial charge on any atom is -0.487 e. The number of amides is 1. The number of hydrogen-bond acceptors (Lipinski definition) is 6. The Balaban J connectivity index is 2.12. The number of carbonyl (C=O) groups excluding carboxylic acids is 2. The molecule has 0 aliphatic carbocycles. The number of hydrogen-bond donors (Lipinski definition) is 1. The summed E-state index contributed by atoms with van der Waals surface area (Å²) in [6.45, 7) is 3.02. The Labute approximate surface area is 158 Å². The summed E-state index contributed by atoms with van der Waals surface area (Å²) in [6, 6.07) is 6.46. The topological polar surface area (TPSA) is 108 Å². The van der Waals surface area contributed by atoms with Gasteiger partial charge in [0.15, 0.2) is 11.9 Å². The van der Waals surface area contributed by atoms with E-state index in [0.717, 1.165) is 24.3 Å². The number of halogens is 2. The second-order valence-corrected chi connectivity index (χ2v) is 5.51. The van der Waals surface area contributed by atoms with E-state index in [4.69, 9.17) is 9.47 Å². The summed E-state index contributed by atoms with van der Waals surface area (Å²) in [5.74, 6) is -4.01.